The Balaban J connectivity index is 1.74. The predicted molar refractivity (Wildman–Crippen MR) is 107 cm³/mol. The Hall–Kier alpha value is -2.62. The van der Waals surface area contributed by atoms with Crippen molar-refractivity contribution in [3.05, 3.63) is 107 Å². The second kappa shape index (κ2) is 9.36. The lowest BCUT2D eigenvalue weighted by Gasteiger charge is -2.25. The molecule has 0 amide bonds. The molecule has 0 aliphatic carbocycles. The molecule has 3 aromatic carbocycles. The first kappa shape index (κ1) is 19.2. The highest BCUT2D eigenvalue weighted by molar-refractivity contribution is 6.30. The minimum atomic E-state index is -0.470. The molecule has 3 nitrogen and oxygen atoms in total. The summed E-state index contributed by atoms with van der Waals surface area (Å²) >= 11 is 5.97. The van der Waals surface area contributed by atoms with Gasteiger partial charge in [0.25, 0.3) is 0 Å². The van der Waals surface area contributed by atoms with E-state index in [1.54, 1.807) is 24.3 Å². The highest BCUT2D eigenvalue weighted by atomic mass is 35.5. The Morgan fingerprint density at radius 3 is 2.26 bits per heavy atom. The SMILES string of the molecule is CC(OC(=O)c1cccc(Cl)c1)C(OCc1ccccc1)c1ccccc1. The zero-order chi connectivity index (χ0) is 19.1. The van der Waals surface area contributed by atoms with Crippen LogP contribution in [0.25, 0.3) is 0 Å². The molecule has 0 spiro atoms. The van der Waals surface area contributed by atoms with E-state index in [9.17, 15) is 4.79 Å². The van der Waals surface area contributed by atoms with E-state index in [-0.39, 0.29) is 6.10 Å². The Morgan fingerprint density at radius 2 is 1.59 bits per heavy atom. The Bertz CT molecular complexity index is 865. The molecule has 0 heterocycles. The first-order chi connectivity index (χ1) is 13.1. The summed E-state index contributed by atoms with van der Waals surface area (Å²) in [5.41, 5.74) is 2.44. The summed E-state index contributed by atoms with van der Waals surface area (Å²) in [6.07, 6.45) is -0.850. The quantitative estimate of drug-likeness (QED) is 0.483. The first-order valence-corrected chi connectivity index (χ1v) is 9.18. The van der Waals surface area contributed by atoms with Crippen LogP contribution in [-0.4, -0.2) is 12.1 Å². The molecule has 138 valence electrons. The van der Waals surface area contributed by atoms with Gasteiger partial charge in [0.1, 0.15) is 12.2 Å². The molecule has 4 heteroatoms. The van der Waals surface area contributed by atoms with Crippen LogP contribution < -0.4 is 0 Å². The smallest absolute Gasteiger partial charge is 0.338 e. The van der Waals surface area contributed by atoms with Crippen LogP contribution in [0.4, 0.5) is 0 Å². The van der Waals surface area contributed by atoms with Crippen molar-refractivity contribution in [1.82, 2.24) is 0 Å². The first-order valence-electron chi connectivity index (χ1n) is 8.80. The normalized spacial score (nSPS) is 13.0. The molecule has 0 saturated heterocycles. The van der Waals surface area contributed by atoms with Gasteiger partial charge in [0.15, 0.2) is 0 Å². The molecule has 3 aromatic rings. The number of carbonyl (C=O) groups excluding carboxylic acids is 1. The zero-order valence-electron chi connectivity index (χ0n) is 15.0. The number of rotatable bonds is 7. The lowest BCUT2D eigenvalue weighted by molar-refractivity contribution is -0.0546. The summed E-state index contributed by atoms with van der Waals surface area (Å²) in [7, 11) is 0. The zero-order valence-corrected chi connectivity index (χ0v) is 15.8. The number of hydrogen-bond acceptors (Lipinski definition) is 3. The van der Waals surface area contributed by atoms with Gasteiger partial charge in [-0.2, -0.15) is 0 Å². The average molecular weight is 381 g/mol. The van der Waals surface area contributed by atoms with Crippen molar-refractivity contribution in [2.75, 3.05) is 0 Å². The van der Waals surface area contributed by atoms with Gasteiger partial charge >= 0.3 is 5.97 Å². The third-order valence-electron chi connectivity index (χ3n) is 4.18. The molecule has 2 atom stereocenters. The van der Waals surface area contributed by atoms with Crippen molar-refractivity contribution in [2.24, 2.45) is 0 Å². The fourth-order valence-electron chi connectivity index (χ4n) is 2.82. The van der Waals surface area contributed by atoms with Crippen molar-refractivity contribution in [2.45, 2.75) is 25.7 Å². The van der Waals surface area contributed by atoms with Crippen LogP contribution in [-0.2, 0) is 16.1 Å². The molecule has 0 saturated carbocycles. The summed E-state index contributed by atoms with van der Waals surface area (Å²) in [5, 5.41) is 0.497. The third-order valence-corrected chi connectivity index (χ3v) is 4.42. The summed E-state index contributed by atoms with van der Waals surface area (Å²) in [6.45, 7) is 2.27. The van der Waals surface area contributed by atoms with Gasteiger partial charge in [0.05, 0.1) is 12.2 Å². The lowest BCUT2D eigenvalue weighted by Crippen LogP contribution is -2.25. The van der Waals surface area contributed by atoms with Gasteiger partial charge < -0.3 is 9.47 Å². The lowest BCUT2D eigenvalue weighted by atomic mass is 10.0. The highest BCUT2D eigenvalue weighted by Gasteiger charge is 2.24. The molecular weight excluding hydrogens is 360 g/mol. The van der Waals surface area contributed by atoms with Gasteiger partial charge in [-0.25, -0.2) is 4.79 Å². The van der Waals surface area contributed by atoms with Crippen molar-refractivity contribution in [3.8, 4) is 0 Å². The van der Waals surface area contributed by atoms with Gasteiger partial charge in [-0.15, -0.1) is 0 Å². The van der Waals surface area contributed by atoms with Gasteiger partial charge in [-0.3, -0.25) is 0 Å². The number of hydrogen-bond donors (Lipinski definition) is 0. The maximum absolute atomic E-state index is 12.5. The van der Waals surface area contributed by atoms with E-state index in [1.807, 2.05) is 67.6 Å². The van der Waals surface area contributed by atoms with Crippen LogP contribution in [0.2, 0.25) is 5.02 Å². The van der Waals surface area contributed by atoms with E-state index >= 15 is 0 Å². The van der Waals surface area contributed by atoms with E-state index in [2.05, 4.69) is 0 Å². The standard InChI is InChI=1S/C23H21ClO3/c1-17(27-23(25)20-13-8-14-21(24)15-20)22(19-11-6-3-7-12-19)26-16-18-9-4-2-5-10-18/h2-15,17,22H,16H2,1H3. The third kappa shape index (κ3) is 5.43. The molecule has 2 unspecified atom stereocenters. The minimum absolute atomic E-state index is 0.380. The summed E-state index contributed by atoms with van der Waals surface area (Å²) in [6, 6.07) is 26.4. The molecule has 0 aromatic heterocycles. The molecule has 0 radical (unpaired) electrons. The van der Waals surface area contributed by atoms with E-state index in [4.69, 9.17) is 21.1 Å². The molecule has 3 rings (SSSR count). The van der Waals surface area contributed by atoms with Crippen molar-refractivity contribution in [1.29, 1.82) is 0 Å². The van der Waals surface area contributed by atoms with Crippen LogP contribution >= 0.6 is 11.6 Å². The number of halogens is 1. The second-order valence-corrected chi connectivity index (χ2v) is 6.69. The van der Waals surface area contributed by atoms with Crippen molar-refractivity contribution >= 4 is 17.6 Å². The molecule has 0 aliphatic heterocycles. The van der Waals surface area contributed by atoms with Crippen LogP contribution in [0.5, 0.6) is 0 Å². The van der Waals surface area contributed by atoms with Crippen LogP contribution in [0.15, 0.2) is 84.9 Å². The minimum Gasteiger partial charge on any atom is -0.456 e. The van der Waals surface area contributed by atoms with Gasteiger partial charge in [-0.05, 0) is 36.2 Å². The Morgan fingerprint density at radius 1 is 0.926 bits per heavy atom. The number of benzene rings is 3. The predicted octanol–water partition coefficient (Wildman–Crippen LogP) is 5.84. The summed E-state index contributed by atoms with van der Waals surface area (Å²) in [5.74, 6) is -0.422. The fourth-order valence-corrected chi connectivity index (χ4v) is 3.01. The Labute approximate surface area is 164 Å². The molecule has 0 fully saturated rings. The molecule has 27 heavy (non-hydrogen) atoms. The molecule has 0 aliphatic rings. The van der Waals surface area contributed by atoms with Crippen LogP contribution in [0.3, 0.4) is 0 Å². The molecule has 0 bridgehead atoms. The van der Waals surface area contributed by atoms with E-state index in [1.165, 1.54) is 0 Å². The second-order valence-electron chi connectivity index (χ2n) is 6.25. The largest absolute Gasteiger partial charge is 0.456 e. The highest BCUT2D eigenvalue weighted by Crippen LogP contribution is 2.26. The van der Waals surface area contributed by atoms with Crippen molar-refractivity contribution in [3.63, 3.8) is 0 Å². The number of ether oxygens (including phenoxy) is 2. The number of carbonyl (C=O) groups is 1. The van der Waals surface area contributed by atoms with Crippen LogP contribution in [0, 0.1) is 0 Å². The monoisotopic (exact) mass is 380 g/mol. The van der Waals surface area contributed by atoms with E-state index < -0.39 is 12.1 Å². The van der Waals surface area contributed by atoms with E-state index in [0.717, 1.165) is 11.1 Å². The average Bonchev–Trinajstić information content (AvgIpc) is 2.70. The van der Waals surface area contributed by atoms with Crippen LogP contribution in [0.1, 0.15) is 34.5 Å². The summed E-state index contributed by atoms with van der Waals surface area (Å²) in [4.78, 5) is 12.5. The number of esters is 1. The summed E-state index contributed by atoms with van der Waals surface area (Å²) < 4.78 is 11.8. The van der Waals surface area contributed by atoms with Gasteiger partial charge in [-0.1, -0.05) is 78.3 Å². The molecule has 0 N–H and O–H groups in total. The maximum atomic E-state index is 12.5. The Kier molecular flexibility index (Phi) is 6.64. The van der Waals surface area contributed by atoms with Crippen molar-refractivity contribution < 1.29 is 14.3 Å². The van der Waals surface area contributed by atoms with Gasteiger partial charge in [0, 0.05) is 5.02 Å². The van der Waals surface area contributed by atoms with E-state index in [0.29, 0.717) is 17.2 Å². The fraction of sp³-hybridized carbons (Fsp3) is 0.174. The van der Waals surface area contributed by atoms with Gasteiger partial charge in [0.2, 0.25) is 0 Å². The molecular formula is C23H21ClO3. The maximum Gasteiger partial charge on any atom is 0.338 e. The topological polar surface area (TPSA) is 35.5 Å².